The van der Waals surface area contributed by atoms with Crippen molar-refractivity contribution in [1.29, 1.82) is 0 Å². The van der Waals surface area contributed by atoms with Crippen molar-refractivity contribution < 1.29 is 4.79 Å². The lowest BCUT2D eigenvalue weighted by atomic mass is 10.1. The molecule has 7 heteroatoms. The minimum Gasteiger partial charge on any atom is -0.352 e. The Morgan fingerprint density at radius 2 is 2.05 bits per heavy atom. The summed E-state index contributed by atoms with van der Waals surface area (Å²) in [5.74, 6) is 0.757. The Hall–Kier alpha value is -1.76. The van der Waals surface area contributed by atoms with Gasteiger partial charge in [0, 0.05) is 16.1 Å². The smallest absolute Gasteiger partial charge is 0.243 e. The Morgan fingerprint density at radius 3 is 2.71 bits per heavy atom. The van der Waals surface area contributed by atoms with E-state index in [1.165, 1.54) is 4.80 Å². The molecule has 21 heavy (non-hydrogen) atoms. The summed E-state index contributed by atoms with van der Waals surface area (Å²) in [6.45, 7) is 6.16. The first-order valence-electron chi connectivity index (χ1n) is 6.79. The van der Waals surface area contributed by atoms with Crippen LogP contribution in [0.4, 0.5) is 0 Å². The van der Waals surface area contributed by atoms with Crippen LogP contribution in [0, 0.1) is 5.92 Å². The van der Waals surface area contributed by atoms with Crippen LogP contribution in [0.15, 0.2) is 28.7 Å². The number of tetrazole rings is 1. The van der Waals surface area contributed by atoms with E-state index in [9.17, 15) is 4.79 Å². The zero-order valence-electron chi connectivity index (χ0n) is 12.2. The number of hydrogen-bond acceptors (Lipinski definition) is 4. The minimum absolute atomic E-state index is 0.0640. The van der Waals surface area contributed by atoms with Gasteiger partial charge >= 0.3 is 0 Å². The topological polar surface area (TPSA) is 72.7 Å². The lowest BCUT2D eigenvalue weighted by Crippen LogP contribution is -2.38. The van der Waals surface area contributed by atoms with Crippen LogP contribution in [0.5, 0.6) is 0 Å². The molecule has 0 saturated heterocycles. The van der Waals surface area contributed by atoms with E-state index in [0.717, 1.165) is 10.0 Å². The van der Waals surface area contributed by atoms with Crippen molar-refractivity contribution in [2.24, 2.45) is 5.92 Å². The number of carbonyl (C=O) groups excluding carboxylic acids is 1. The number of halogens is 1. The molecule has 0 radical (unpaired) electrons. The zero-order valence-corrected chi connectivity index (χ0v) is 13.8. The average molecular weight is 352 g/mol. The van der Waals surface area contributed by atoms with Crippen LogP contribution in [0.2, 0.25) is 0 Å². The highest BCUT2D eigenvalue weighted by molar-refractivity contribution is 9.10. The maximum atomic E-state index is 11.9. The third-order valence-corrected chi connectivity index (χ3v) is 3.93. The predicted octanol–water partition coefficient (Wildman–Crippen LogP) is 2.26. The second-order valence-electron chi connectivity index (χ2n) is 5.22. The summed E-state index contributed by atoms with van der Waals surface area (Å²) < 4.78 is 0.891. The first kappa shape index (κ1) is 15.6. The molecule has 2 aromatic rings. The monoisotopic (exact) mass is 351 g/mol. The van der Waals surface area contributed by atoms with Crippen molar-refractivity contribution in [3.05, 3.63) is 28.7 Å². The van der Waals surface area contributed by atoms with E-state index in [-0.39, 0.29) is 18.5 Å². The molecule has 0 saturated carbocycles. The lowest BCUT2D eigenvalue weighted by Gasteiger charge is -2.16. The summed E-state index contributed by atoms with van der Waals surface area (Å²) >= 11 is 3.45. The molecule has 1 N–H and O–H groups in total. The van der Waals surface area contributed by atoms with Crippen LogP contribution in [0.1, 0.15) is 20.8 Å². The van der Waals surface area contributed by atoms with E-state index in [0.29, 0.717) is 11.7 Å². The summed E-state index contributed by atoms with van der Waals surface area (Å²) in [5, 5.41) is 15.1. The first-order chi connectivity index (χ1) is 9.97. The Labute approximate surface area is 132 Å². The van der Waals surface area contributed by atoms with Gasteiger partial charge in [-0.25, -0.2) is 0 Å². The third-order valence-electron chi connectivity index (χ3n) is 3.24. The summed E-state index contributed by atoms with van der Waals surface area (Å²) in [4.78, 5) is 13.2. The average Bonchev–Trinajstić information content (AvgIpc) is 2.87. The number of benzene rings is 1. The van der Waals surface area contributed by atoms with Gasteiger partial charge in [0.1, 0.15) is 6.54 Å². The molecule has 0 aliphatic carbocycles. The number of rotatable bonds is 5. The van der Waals surface area contributed by atoms with E-state index in [1.54, 1.807) is 0 Å². The van der Waals surface area contributed by atoms with Crippen LogP contribution in [0.25, 0.3) is 11.4 Å². The quantitative estimate of drug-likeness (QED) is 0.896. The molecule has 1 amide bonds. The summed E-state index contributed by atoms with van der Waals surface area (Å²) in [6.07, 6.45) is 0. The molecule has 0 bridgehead atoms. The van der Waals surface area contributed by atoms with Gasteiger partial charge in [-0.1, -0.05) is 41.9 Å². The highest BCUT2D eigenvalue weighted by Gasteiger charge is 2.14. The Kier molecular flexibility index (Phi) is 5.06. The second kappa shape index (κ2) is 6.80. The normalized spacial score (nSPS) is 12.4. The molecule has 0 aliphatic heterocycles. The molecule has 6 nitrogen and oxygen atoms in total. The predicted molar refractivity (Wildman–Crippen MR) is 83.4 cm³/mol. The summed E-state index contributed by atoms with van der Waals surface area (Å²) in [5.41, 5.74) is 0.847. The third kappa shape index (κ3) is 4.10. The first-order valence-corrected chi connectivity index (χ1v) is 7.58. The molecule has 112 valence electrons. The fraction of sp³-hybridized carbons (Fsp3) is 0.429. The van der Waals surface area contributed by atoms with E-state index in [4.69, 9.17) is 0 Å². The Balaban J connectivity index is 2.04. The largest absolute Gasteiger partial charge is 0.352 e. The van der Waals surface area contributed by atoms with Gasteiger partial charge in [-0.05, 0) is 30.2 Å². The van der Waals surface area contributed by atoms with Crippen molar-refractivity contribution in [3.63, 3.8) is 0 Å². The van der Waals surface area contributed by atoms with E-state index in [2.05, 4.69) is 50.5 Å². The molecule has 1 atom stereocenters. The molecule has 1 aromatic heterocycles. The van der Waals surface area contributed by atoms with Gasteiger partial charge < -0.3 is 5.32 Å². The van der Waals surface area contributed by atoms with Crippen LogP contribution in [-0.2, 0) is 11.3 Å². The van der Waals surface area contributed by atoms with Crippen molar-refractivity contribution in [2.45, 2.75) is 33.4 Å². The fourth-order valence-corrected chi connectivity index (χ4v) is 2.12. The number of amides is 1. The van der Waals surface area contributed by atoms with Crippen LogP contribution in [0.3, 0.4) is 0 Å². The standard InChI is InChI=1S/C14H18BrN5O/c1-9(2)10(3)16-13(21)8-20-18-14(17-19-20)11-6-4-5-7-12(11)15/h4-7,9-10H,8H2,1-3H3,(H,16,21)/t10-/m1/s1. The SMILES string of the molecule is CC(C)[C@@H](C)NC(=O)Cn1nnc(-c2ccccc2Br)n1. The minimum atomic E-state index is -0.118. The van der Waals surface area contributed by atoms with Crippen LogP contribution in [-0.4, -0.2) is 32.2 Å². The highest BCUT2D eigenvalue weighted by Crippen LogP contribution is 2.24. The summed E-state index contributed by atoms with van der Waals surface area (Å²) in [7, 11) is 0. The van der Waals surface area contributed by atoms with E-state index >= 15 is 0 Å². The molecule has 2 rings (SSSR count). The van der Waals surface area contributed by atoms with Gasteiger partial charge in [0.2, 0.25) is 11.7 Å². The molecular weight excluding hydrogens is 334 g/mol. The number of carbonyl (C=O) groups is 1. The maximum absolute atomic E-state index is 11.9. The van der Waals surface area contributed by atoms with E-state index in [1.807, 2.05) is 31.2 Å². The lowest BCUT2D eigenvalue weighted by molar-refractivity contribution is -0.123. The van der Waals surface area contributed by atoms with Gasteiger partial charge in [-0.15, -0.1) is 10.2 Å². The van der Waals surface area contributed by atoms with Gasteiger partial charge in [0.15, 0.2) is 0 Å². The summed E-state index contributed by atoms with van der Waals surface area (Å²) in [6, 6.07) is 7.74. The van der Waals surface area contributed by atoms with Crippen LogP contribution >= 0.6 is 15.9 Å². The van der Waals surface area contributed by atoms with Gasteiger partial charge in [-0.3, -0.25) is 4.79 Å². The zero-order chi connectivity index (χ0) is 15.4. The number of aromatic nitrogens is 4. The van der Waals surface area contributed by atoms with Crippen molar-refractivity contribution in [3.8, 4) is 11.4 Å². The van der Waals surface area contributed by atoms with Crippen molar-refractivity contribution in [1.82, 2.24) is 25.5 Å². The molecule has 0 fully saturated rings. The highest BCUT2D eigenvalue weighted by atomic mass is 79.9. The Morgan fingerprint density at radius 1 is 1.33 bits per heavy atom. The van der Waals surface area contributed by atoms with Gasteiger partial charge in [0.05, 0.1) is 0 Å². The fourth-order valence-electron chi connectivity index (χ4n) is 1.66. The van der Waals surface area contributed by atoms with Crippen molar-refractivity contribution >= 4 is 21.8 Å². The molecule has 0 aliphatic rings. The molecule has 0 unspecified atom stereocenters. The molecule has 1 heterocycles. The molecular formula is C14H18BrN5O. The Bertz CT molecular complexity index is 625. The van der Waals surface area contributed by atoms with E-state index < -0.39 is 0 Å². The van der Waals surface area contributed by atoms with Crippen LogP contribution < -0.4 is 5.32 Å². The maximum Gasteiger partial charge on any atom is 0.243 e. The van der Waals surface area contributed by atoms with Gasteiger partial charge in [0.25, 0.3) is 0 Å². The number of hydrogen-bond donors (Lipinski definition) is 1. The van der Waals surface area contributed by atoms with Crippen molar-refractivity contribution in [2.75, 3.05) is 0 Å². The second-order valence-corrected chi connectivity index (χ2v) is 6.08. The van der Waals surface area contributed by atoms with Gasteiger partial charge in [-0.2, -0.15) is 4.80 Å². The molecule has 0 spiro atoms. The number of nitrogens with one attached hydrogen (secondary N) is 1. The number of nitrogens with zero attached hydrogens (tertiary/aromatic N) is 4. The molecule has 1 aromatic carbocycles.